The lowest BCUT2D eigenvalue weighted by atomic mass is 9.73. The molecule has 0 amide bonds. The SMILES string of the molecule is CC1(C)CCC2=C(C1)C(C(=O)O)C(c1ccc(Oc3ccccn3)cc1CNS)S2. The number of rotatable bonds is 6. The molecule has 5 nitrogen and oxygen atoms in total. The molecule has 0 saturated carbocycles. The number of nitrogens with one attached hydrogen (secondary N) is 1. The summed E-state index contributed by atoms with van der Waals surface area (Å²) in [4.78, 5) is 17.8. The van der Waals surface area contributed by atoms with Crippen molar-refractivity contribution in [1.29, 1.82) is 0 Å². The van der Waals surface area contributed by atoms with Gasteiger partial charge in [0.15, 0.2) is 0 Å². The molecule has 4 rings (SSSR count). The highest BCUT2D eigenvalue weighted by molar-refractivity contribution is 8.03. The maximum Gasteiger partial charge on any atom is 0.312 e. The molecule has 2 N–H and O–H groups in total. The first kappa shape index (κ1) is 21.3. The van der Waals surface area contributed by atoms with E-state index in [0.717, 1.165) is 36.0 Å². The number of thioether (sulfide) groups is 1. The van der Waals surface area contributed by atoms with Gasteiger partial charge in [0.2, 0.25) is 5.88 Å². The maximum absolute atomic E-state index is 12.3. The number of thiol groups is 1. The summed E-state index contributed by atoms with van der Waals surface area (Å²) in [6, 6.07) is 11.4. The average molecular weight is 443 g/mol. The Morgan fingerprint density at radius 3 is 2.90 bits per heavy atom. The summed E-state index contributed by atoms with van der Waals surface area (Å²) in [6.07, 6.45) is 4.60. The van der Waals surface area contributed by atoms with Crippen LogP contribution in [0.1, 0.15) is 49.5 Å². The fourth-order valence-corrected chi connectivity index (χ4v) is 6.17. The van der Waals surface area contributed by atoms with Gasteiger partial charge in [0.05, 0.1) is 11.2 Å². The van der Waals surface area contributed by atoms with Crippen LogP contribution in [0.15, 0.2) is 53.1 Å². The van der Waals surface area contributed by atoms with E-state index in [-0.39, 0.29) is 10.7 Å². The van der Waals surface area contributed by atoms with Gasteiger partial charge in [0, 0.05) is 18.8 Å². The molecule has 7 heteroatoms. The van der Waals surface area contributed by atoms with Gasteiger partial charge in [-0.2, -0.15) is 0 Å². The normalized spacial score (nSPS) is 22.6. The molecule has 1 aromatic carbocycles. The lowest BCUT2D eigenvalue weighted by Gasteiger charge is -2.31. The van der Waals surface area contributed by atoms with Crippen LogP contribution in [0.2, 0.25) is 0 Å². The van der Waals surface area contributed by atoms with E-state index in [2.05, 4.69) is 36.4 Å². The number of ether oxygens (including phenoxy) is 1. The Kier molecular flexibility index (Phi) is 6.14. The van der Waals surface area contributed by atoms with E-state index < -0.39 is 11.9 Å². The average Bonchev–Trinajstić information content (AvgIpc) is 3.06. The zero-order chi connectivity index (χ0) is 21.3. The van der Waals surface area contributed by atoms with E-state index >= 15 is 0 Å². The lowest BCUT2D eigenvalue weighted by Crippen LogP contribution is -2.25. The number of carboxylic acid groups (broad SMARTS) is 1. The third-order valence-corrected chi connectivity index (χ3v) is 7.51. The van der Waals surface area contributed by atoms with Crippen molar-refractivity contribution in [3.63, 3.8) is 0 Å². The number of hydrogen-bond acceptors (Lipinski definition) is 6. The molecule has 0 radical (unpaired) electrons. The molecule has 0 saturated heterocycles. The summed E-state index contributed by atoms with van der Waals surface area (Å²) >= 11 is 5.91. The van der Waals surface area contributed by atoms with Crippen molar-refractivity contribution in [2.45, 2.75) is 44.9 Å². The molecule has 0 fully saturated rings. The Morgan fingerprint density at radius 1 is 1.37 bits per heavy atom. The highest BCUT2D eigenvalue weighted by atomic mass is 32.2. The third kappa shape index (κ3) is 4.38. The predicted octanol–water partition coefficient (Wildman–Crippen LogP) is 5.76. The summed E-state index contributed by atoms with van der Waals surface area (Å²) in [5, 5.41) is 9.98. The summed E-state index contributed by atoms with van der Waals surface area (Å²) < 4.78 is 8.79. The van der Waals surface area contributed by atoms with Gasteiger partial charge < -0.3 is 9.84 Å². The number of aromatic nitrogens is 1. The van der Waals surface area contributed by atoms with Crippen LogP contribution in [0, 0.1) is 11.3 Å². The van der Waals surface area contributed by atoms with Gasteiger partial charge in [-0.3, -0.25) is 9.52 Å². The molecule has 2 atom stereocenters. The van der Waals surface area contributed by atoms with Crippen molar-refractivity contribution < 1.29 is 14.6 Å². The van der Waals surface area contributed by atoms with Gasteiger partial charge >= 0.3 is 5.97 Å². The van der Waals surface area contributed by atoms with Crippen molar-refractivity contribution in [3.05, 3.63) is 64.2 Å². The van der Waals surface area contributed by atoms with E-state index in [1.807, 2.05) is 30.3 Å². The number of allylic oxidation sites excluding steroid dienone is 1. The molecular formula is C23H26N2O3S2. The molecule has 0 bridgehead atoms. The van der Waals surface area contributed by atoms with Crippen LogP contribution in [0.25, 0.3) is 0 Å². The number of nitrogens with zero attached hydrogens (tertiary/aromatic N) is 1. The first-order valence-electron chi connectivity index (χ1n) is 10.1. The summed E-state index contributed by atoms with van der Waals surface area (Å²) in [5.74, 6) is -0.0441. The molecule has 1 aliphatic carbocycles. The predicted molar refractivity (Wildman–Crippen MR) is 123 cm³/mol. The minimum absolute atomic E-state index is 0.137. The molecule has 1 aliphatic heterocycles. The third-order valence-electron chi connectivity index (χ3n) is 5.82. The lowest BCUT2D eigenvalue weighted by molar-refractivity contribution is -0.140. The van der Waals surface area contributed by atoms with Crippen molar-refractivity contribution in [1.82, 2.24) is 9.71 Å². The van der Waals surface area contributed by atoms with Gasteiger partial charge in [-0.1, -0.05) is 38.8 Å². The summed E-state index contributed by atoms with van der Waals surface area (Å²) in [6.45, 7) is 4.97. The number of pyridine rings is 1. The van der Waals surface area contributed by atoms with Crippen LogP contribution >= 0.6 is 24.6 Å². The highest BCUT2D eigenvalue weighted by Gasteiger charge is 2.45. The van der Waals surface area contributed by atoms with Crippen LogP contribution in [0.4, 0.5) is 0 Å². The molecule has 1 aromatic heterocycles. The van der Waals surface area contributed by atoms with E-state index in [0.29, 0.717) is 18.2 Å². The van der Waals surface area contributed by atoms with E-state index in [4.69, 9.17) is 4.74 Å². The smallest absolute Gasteiger partial charge is 0.312 e. The van der Waals surface area contributed by atoms with Gasteiger partial charge in [0.1, 0.15) is 5.75 Å². The van der Waals surface area contributed by atoms with Crippen LogP contribution < -0.4 is 9.46 Å². The molecule has 2 heterocycles. The monoisotopic (exact) mass is 442 g/mol. The second-order valence-corrected chi connectivity index (χ2v) is 10.2. The van der Waals surface area contributed by atoms with Crippen LogP contribution in [-0.4, -0.2) is 16.1 Å². The molecule has 30 heavy (non-hydrogen) atoms. The van der Waals surface area contributed by atoms with E-state index in [1.165, 1.54) is 4.91 Å². The van der Waals surface area contributed by atoms with Gasteiger partial charge in [-0.15, -0.1) is 11.8 Å². The maximum atomic E-state index is 12.3. The van der Waals surface area contributed by atoms with Gasteiger partial charge in [-0.25, -0.2) is 4.98 Å². The van der Waals surface area contributed by atoms with Crippen molar-refractivity contribution in [2.24, 2.45) is 11.3 Å². The summed E-state index contributed by atoms with van der Waals surface area (Å²) in [7, 11) is 0. The quantitative estimate of drug-likeness (QED) is 0.494. The zero-order valence-electron chi connectivity index (χ0n) is 17.1. The molecular weight excluding hydrogens is 416 g/mol. The first-order chi connectivity index (χ1) is 14.4. The Morgan fingerprint density at radius 2 is 2.20 bits per heavy atom. The van der Waals surface area contributed by atoms with Gasteiger partial charge in [-0.05, 0) is 64.5 Å². The topological polar surface area (TPSA) is 71.5 Å². The number of carboxylic acids is 1. The summed E-state index contributed by atoms with van der Waals surface area (Å²) in [5.41, 5.74) is 3.28. The molecule has 2 unspecified atom stereocenters. The minimum Gasteiger partial charge on any atom is -0.481 e. The fraction of sp³-hybridized carbons (Fsp3) is 0.391. The van der Waals surface area contributed by atoms with Crippen molar-refractivity contribution in [2.75, 3.05) is 0 Å². The highest BCUT2D eigenvalue weighted by Crippen LogP contribution is 2.59. The molecule has 158 valence electrons. The van der Waals surface area contributed by atoms with E-state index in [9.17, 15) is 9.90 Å². The molecule has 0 spiro atoms. The minimum atomic E-state index is -0.742. The second-order valence-electron chi connectivity index (χ2n) is 8.61. The number of carbonyl (C=O) groups is 1. The van der Waals surface area contributed by atoms with Crippen LogP contribution in [0.5, 0.6) is 11.6 Å². The van der Waals surface area contributed by atoms with Crippen LogP contribution in [-0.2, 0) is 11.3 Å². The standard InChI is InChI=1S/C23H26N2O3S2/c1-23(2)9-8-18-17(12-23)20(22(26)27)21(30-18)16-7-6-15(11-14(16)13-25-29)28-19-5-3-4-10-24-19/h3-7,10-11,20-21,25,29H,8-9,12-13H2,1-2H3,(H,26,27). The Bertz CT molecular complexity index is 976. The first-order valence-corrected chi connectivity index (χ1v) is 11.4. The van der Waals surface area contributed by atoms with Crippen LogP contribution in [0.3, 0.4) is 0 Å². The Hall–Kier alpha value is -1.96. The fourth-order valence-electron chi connectivity index (χ4n) is 4.35. The van der Waals surface area contributed by atoms with Crippen molar-refractivity contribution >= 4 is 30.5 Å². The number of aliphatic carboxylic acids is 1. The largest absolute Gasteiger partial charge is 0.481 e. The molecule has 2 aromatic rings. The number of hydrogen-bond donors (Lipinski definition) is 3. The molecule has 2 aliphatic rings. The zero-order valence-corrected chi connectivity index (χ0v) is 18.8. The van der Waals surface area contributed by atoms with Crippen molar-refractivity contribution in [3.8, 4) is 11.6 Å². The van der Waals surface area contributed by atoms with Gasteiger partial charge in [0.25, 0.3) is 0 Å². The second kappa shape index (κ2) is 8.65. The Balaban J connectivity index is 1.66. The number of benzene rings is 1. The Labute approximate surface area is 186 Å². The van der Waals surface area contributed by atoms with E-state index in [1.54, 1.807) is 24.0 Å².